The molecule has 0 aromatic heterocycles. The van der Waals surface area contributed by atoms with Crippen molar-refractivity contribution in [2.24, 2.45) is 0 Å². The van der Waals surface area contributed by atoms with Crippen LogP contribution in [0.2, 0.25) is 0 Å². The zero-order chi connectivity index (χ0) is 13.9. The van der Waals surface area contributed by atoms with E-state index in [-0.39, 0.29) is 5.57 Å². The molecule has 17 heavy (non-hydrogen) atoms. The molecule has 0 radical (unpaired) electrons. The maximum atomic E-state index is 11.9. The van der Waals surface area contributed by atoms with Crippen molar-refractivity contribution in [3.63, 3.8) is 0 Å². The molecule has 0 saturated heterocycles. The van der Waals surface area contributed by atoms with Crippen LogP contribution in [0.3, 0.4) is 0 Å². The summed E-state index contributed by atoms with van der Waals surface area (Å²) in [6, 6.07) is 0. The third kappa shape index (κ3) is 4.32. The third-order valence-electron chi connectivity index (χ3n) is 1.49. The number of hydrogen-bond acceptors (Lipinski definition) is 5. The van der Waals surface area contributed by atoms with Crippen molar-refractivity contribution in [3.05, 3.63) is 17.4 Å². The zero-order valence-corrected chi connectivity index (χ0v) is 9.52. The number of alkyl halides is 3. The number of ether oxygens (including phenoxy) is 1. The second-order valence-electron chi connectivity index (χ2n) is 2.99. The van der Waals surface area contributed by atoms with Gasteiger partial charge in [0.25, 0.3) is 0 Å². The van der Waals surface area contributed by atoms with Gasteiger partial charge in [0.2, 0.25) is 0 Å². The Bertz CT molecular complexity index is 402. The van der Waals surface area contributed by atoms with E-state index in [1.807, 2.05) is 0 Å². The number of carbonyl (C=O) groups excluding carboxylic acids is 1. The van der Waals surface area contributed by atoms with E-state index in [1.165, 1.54) is 6.92 Å². The molecule has 0 spiro atoms. The summed E-state index contributed by atoms with van der Waals surface area (Å²) in [6.07, 6.45) is 0. The molecule has 1 atom stereocenters. The average Bonchev–Trinajstić information content (AvgIpc) is 2.15. The van der Waals surface area contributed by atoms with Gasteiger partial charge in [-0.15, -0.1) is 0 Å². The van der Waals surface area contributed by atoms with Crippen LogP contribution in [0.1, 0.15) is 6.92 Å². The molecule has 1 N–H and O–H groups in total. The number of esters is 1. The number of sulfonamides is 1. The van der Waals surface area contributed by atoms with E-state index >= 15 is 0 Å². The van der Waals surface area contributed by atoms with Crippen molar-refractivity contribution in [1.29, 1.82) is 0 Å². The van der Waals surface area contributed by atoms with Gasteiger partial charge in [-0.1, -0.05) is 6.58 Å². The minimum Gasteiger partial charge on any atom is -0.618 e. The van der Waals surface area contributed by atoms with Crippen LogP contribution in [0.5, 0.6) is 0 Å². The SMILES string of the molecule is C=C(C)C(=O)OCC[NH+]([O-])S(=O)(=O)C(F)(F)F. The largest absolute Gasteiger partial charge is 0.618 e. The van der Waals surface area contributed by atoms with Gasteiger partial charge in [-0.05, 0) is 6.92 Å². The Balaban J connectivity index is 4.35. The molecule has 0 aliphatic rings. The van der Waals surface area contributed by atoms with Gasteiger partial charge in [-0.2, -0.15) is 21.6 Å². The van der Waals surface area contributed by atoms with Gasteiger partial charge in [-0.3, -0.25) is 4.47 Å². The predicted molar refractivity (Wildman–Crippen MR) is 49.9 cm³/mol. The van der Waals surface area contributed by atoms with E-state index in [4.69, 9.17) is 0 Å². The first kappa shape index (κ1) is 15.9. The summed E-state index contributed by atoms with van der Waals surface area (Å²) in [5.41, 5.74) is -5.65. The number of hydrogen-bond donors (Lipinski definition) is 1. The standard InChI is InChI=1S/C7H10F3NO5S/c1-5(2)6(12)16-4-3-11(13)17(14,15)7(8,9)10/h11H,1,3-4H2,2H3. The molecule has 0 heterocycles. The third-order valence-corrected chi connectivity index (χ3v) is 2.91. The van der Waals surface area contributed by atoms with Crippen LogP contribution >= 0.6 is 0 Å². The fourth-order valence-electron chi connectivity index (χ4n) is 0.614. The lowest BCUT2D eigenvalue weighted by molar-refractivity contribution is -0.712. The summed E-state index contributed by atoms with van der Waals surface area (Å²) in [7, 11) is -5.85. The van der Waals surface area contributed by atoms with Crippen LogP contribution in [0.4, 0.5) is 13.2 Å². The second kappa shape index (κ2) is 5.47. The van der Waals surface area contributed by atoms with Gasteiger partial charge in [0.05, 0.1) is 0 Å². The molecule has 0 bridgehead atoms. The fraction of sp³-hybridized carbons (Fsp3) is 0.571. The Morgan fingerprint density at radius 2 is 1.94 bits per heavy atom. The van der Waals surface area contributed by atoms with Gasteiger partial charge >= 0.3 is 21.5 Å². The quantitative estimate of drug-likeness (QED) is 0.409. The Morgan fingerprint density at radius 1 is 1.47 bits per heavy atom. The van der Waals surface area contributed by atoms with Crippen LogP contribution in [0.15, 0.2) is 12.2 Å². The minimum atomic E-state index is -5.85. The number of nitrogens with one attached hydrogen (secondary N) is 1. The Kier molecular flexibility index (Phi) is 5.11. The van der Waals surface area contributed by atoms with E-state index in [0.717, 1.165) is 0 Å². The fourth-order valence-corrected chi connectivity index (χ4v) is 1.22. The average molecular weight is 277 g/mol. The molecule has 6 nitrogen and oxygen atoms in total. The van der Waals surface area contributed by atoms with Crippen LogP contribution < -0.4 is 4.47 Å². The van der Waals surface area contributed by atoms with E-state index in [2.05, 4.69) is 11.3 Å². The van der Waals surface area contributed by atoms with E-state index < -0.39 is 39.1 Å². The molecule has 0 fully saturated rings. The molecule has 0 aliphatic carbocycles. The number of quaternary nitrogens is 1. The van der Waals surface area contributed by atoms with Gasteiger partial charge in [0, 0.05) is 5.57 Å². The maximum absolute atomic E-state index is 11.9. The van der Waals surface area contributed by atoms with Crippen molar-refractivity contribution < 1.29 is 35.6 Å². The minimum absolute atomic E-state index is 0.0175. The van der Waals surface area contributed by atoms with Crippen molar-refractivity contribution in [2.75, 3.05) is 13.2 Å². The summed E-state index contributed by atoms with van der Waals surface area (Å²) >= 11 is 0. The maximum Gasteiger partial charge on any atom is 0.549 e. The Hall–Kier alpha value is -1.13. The Labute approximate surface area is 95.3 Å². The molecule has 0 saturated carbocycles. The topological polar surface area (TPSA) is 87.9 Å². The van der Waals surface area contributed by atoms with Gasteiger partial charge in [0.1, 0.15) is 13.2 Å². The lowest BCUT2D eigenvalue weighted by Crippen LogP contribution is -3.11. The molecule has 0 amide bonds. The Morgan fingerprint density at radius 3 is 2.29 bits per heavy atom. The van der Waals surface area contributed by atoms with E-state index in [9.17, 15) is 31.6 Å². The molecule has 100 valence electrons. The lowest BCUT2D eigenvalue weighted by atomic mass is 10.4. The molecule has 1 unspecified atom stereocenters. The van der Waals surface area contributed by atoms with E-state index in [0.29, 0.717) is 0 Å². The van der Waals surface area contributed by atoms with Crippen LogP contribution in [0, 0.1) is 5.21 Å². The van der Waals surface area contributed by atoms with Crippen molar-refractivity contribution in [3.8, 4) is 0 Å². The highest BCUT2D eigenvalue weighted by Crippen LogP contribution is 2.19. The predicted octanol–water partition coefficient (Wildman–Crippen LogP) is -0.662. The van der Waals surface area contributed by atoms with Gasteiger partial charge in [0.15, 0.2) is 0 Å². The summed E-state index contributed by atoms with van der Waals surface area (Å²) in [4.78, 5) is 10.8. The van der Waals surface area contributed by atoms with Crippen LogP contribution in [-0.2, 0) is 19.6 Å². The normalized spacial score (nSPS) is 14.2. The highest BCUT2D eigenvalue weighted by Gasteiger charge is 2.51. The number of rotatable bonds is 5. The highest BCUT2D eigenvalue weighted by molar-refractivity contribution is 7.86. The molecule has 10 heteroatoms. The zero-order valence-electron chi connectivity index (χ0n) is 8.70. The summed E-state index contributed by atoms with van der Waals surface area (Å²) < 4.78 is 58.9. The highest BCUT2D eigenvalue weighted by atomic mass is 32.2. The summed E-state index contributed by atoms with van der Waals surface area (Å²) in [6.45, 7) is 2.67. The molecule has 0 rings (SSSR count). The molecule has 0 aliphatic heterocycles. The molecule has 0 aromatic carbocycles. The number of hydroxylamine groups is 1. The first-order valence-electron chi connectivity index (χ1n) is 4.17. The first-order chi connectivity index (χ1) is 7.50. The monoisotopic (exact) mass is 277 g/mol. The second-order valence-corrected chi connectivity index (χ2v) is 4.91. The van der Waals surface area contributed by atoms with Crippen LogP contribution in [0.25, 0.3) is 0 Å². The smallest absolute Gasteiger partial charge is 0.549 e. The summed E-state index contributed by atoms with van der Waals surface area (Å²) in [5, 5.41) is 10.7. The molecule has 0 aromatic rings. The molecular weight excluding hydrogens is 267 g/mol. The summed E-state index contributed by atoms with van der Waals surface area (Å²) in [5.74, 6) is -0.915. The van der Waals surface area contributed by atoms with Crippen LogP contribution in [-0.4, -0.2) is 33.0 Å². The van der Waals surface area contributed by atoms with E-state index in [1.54, 1.807) is 0 Å². The molecular formula is C7H10F3NO5S. The first-order valence-corrected chi connectivity index (χ1v) is 5.65. The number of halogens is 3. The number of carbonyl (C=O) groups is 1. The van der Waals surface area contributed by atoms with Crippen molar-refractivity contribution in [2.45, 2.75) is 12.4 Å². The van der Waals surface area contributed by atoms with Gasteiger partial charge in [-0.25, -0.2) is 4.79 Å². The van der Waals surface area contributed by atoms with Crippen molar-refractivity contribution >= 4 is 16.0 Å². The van der Waals surface area contributed by atoms with Crippen molar-refractivity contribution in [1.82, 2.24) is 0 Å². The van der Waals surface area contributed by atoms with Gasteiger partial charge < -0.3 is 9.94 Å². The lowest BCUT2D eigenvalue weighted by Gasteiger charge is -2.21.